The Balaban J connectivity index is 1.71. The fourth-order valence-corrected chi connectivity index (χ4v) is 4.11. The van der Waals surface area contributed by atoms with Gasteiger partial charge in [-0.1, -0.05) is 32.0 Å². The van der Waals surface area contributed by atoms with Crippen molar-refractivity contribution in [3.8, 4) is 11.5 Å². The molecule has 1 heterocycles. The summed E-state index contributed by atoms with van der Waals surface area (Å²) in [5.41, 5.74) is 2.41. The molecule has 1 aliphatic rings. The molecule has 1 amide bonds. The third-order valence-electron chi connectivity index (χ3n) is 4.98. The summed E-state index contributed by atoms with van der Waals surface area (Å²) in [6, 6.07) is 12.4. The standard InChI is InChI=1S/C22H28N2O5S/c1-15(2)17-5-8-19(9-6-17)24(30(4,26)27)14-22(25)23-16(3)18-7-10-20-21(13-18)29-12-11-28-20/h5-10,13,15-16H,11-12,14H2,1-4H3,(H,23,25)/t16-/m1/s1. The van der Waals surface area contributed by atoms with Crippen LogP contribution in [-0.2, 0) is 14.8 Å². The molecule has 0 bridgehead atoms. The van der Waals surface area contributed by atoms with Crippen LogP contribution in [0.4, 0.5) is 5.69 Å². The van der Waals surface area contributed by atoms with E-state index in [1.54, 1.807) is 12.1 Å². The van der Waals surface area contributed by atoms with Gasteiger partial charge >= 0.3 is 0 Å². The molecule has 0 radical (unpaired) electrons. The Morgan fingerprint density at radius 3 is 2.20 bits per heavy atom. The smallest absolute Gasteiger partial charge is 0.241 e. The molecule has 2 aromatic rings. The lowest BCUT2D eigenvalue weighted by Gasteiger charge is -2.24. The molecule has 0 spiro atoms. The summed E-state index contributed by atoms with van der Waals surface area (Å²) in [6.07, 6.45) is 1.10. The highest BCUT2D eigenvalue weighted by Crippen LogP contribution is 2.32. The molecule has 2 aromatic carbocycles. The normalized spacial score (nSPS) is 14.3. The molecule has 0 unspecified atom stereocenters. The number of rotatable bonds is 7. The van der Waals surface area contributed by atoms with Crippen molar-refractivity contribution in [2.75, 3.05) is 30.3 Å². The van der Waals surface area contributed by atoms with E-state index in [-0.39, 0.29) is 12.6 Å². The summed E-state index contributed by atoms with van der Waals surface area (Å²) < 4.78 is 36.9. The van der Waals surface area contributed by atoms with Gasteiger partial charge in [0.25, 0.3) is 0 Å². The zero-order valence-electron chi connectivity index (χ0n) is 17.7. The van der Waals surface area contributed by atoms with Gasteiger partial charge in [-0.3, -0.25) is 9.10 Å². The molecule has 1 aliphatic heterocycles. The number of carbonyl (C=O) groups is 1. The van der Waals surface area contributed by atoms with Crippen LogP contribution in [0.2, 0.25) is 0 Å². The summed E-state index contributed by atoms with van der Waals surface area (Å²) >= 11 is 0. The minimum absolute atomic E-state index is 0.297. The molecule has 0 saturated heterocycles. The van der Waals surface area contributed by atoms with Crippen LogP contribution >= 0.6 is 0 Å². The van der Waals surface area contributed by atoms with Crippen LogP contribution < -0.4 is 19.1 Å². The maximum Gasteiger partial charge on any atom is 0.241 e. The Bertz CT molecular complexity index is 1000. The first kappa shape index (κ1) is 22.0. The van der Waals surface area contributed by atoms with Crippen molar-refractivity contribution >= 4 is 21.6 Å². The molecule has 0 aliphatic carbocycles. The van der Waals surface area contributed by atoms with Crippen molar-refractivity contribution in [1.29, 1.82) is 0 Å². The average molecular weight is 433 g/mol. The molecule has 3 rings (SSSR count). The van der Waals surface area contributed by atoms with E-state index in [0.29, 0.717) is 36.3 Å². The molecule has 0 fully saturated rings. The zero-order chi connectivity index (χ0) is 21.9. The van der Waals surface area contributed by atoms with Crippen LogP contribution in [0.1, 0.15) is 43.9 Å². The molecule has 0 aromatic heterocycles. The third-order valence-corrected chi connectivity index (χ3v) is 6.12. The maximum absolute atomic E-state index is 12.6. The number of ether oxygens (including phenoxy) is 2. The van der Waals surface area contributed by atoms with E-state index in [4.69, 9.17) is 9.47 Å². The summed E-state index contributed by atoms with van der Waals surface area (Å²) in [6.45, 7) is 6.67. The van der Waals surface area contributed by atoms with Crippen molar-refractivity contribution in [3.05, 3.63) is 53.6 Å². The minimum Gasteiger partial charge on any atom is -0.486 e. The van der Waals surface area contributed by atoms with Crippen LogP contribution in [0, 0.1) is 0 Å². The topological polar surface area (TPSA) is 84.9 Å². The molecule has 0 saturated carbocycles. The van der Waals surface area contributed by atoms with E-state index in [9.17, 15) is 13.2 Å². The molecule has 162 valence electrons. The van der Waals surface area contributed by atoms with Gasteiger partial charge in [0.15, 0.2) is 11.5 Å². The highest BCUT2D eigenvalue weighted by atomic mass is 32.2. The molecule has 30 heavy (non-hydrogen) atoms. The average Bonchev–Trinajstić information content (AvgIpc) is 2.71. The predicted octanol–water partition coefficient (Wildman–Crippen LogP) is 3.22. The summed E-state index contributed by atoms with van der Waals surface area (Å²) in [7, 11) is -3.62. The maximum atomic E-state index is 12.6. The fourth-order valence-electron chi connectivity index (χ4n) is 3.26. The predicted molar refractivity (Wildman–Crippen MR) is 117 cm³/mol. The monoisotopic (exact) mass is 432 g/mol. The fraction of sp³-hybridized carbons (Fsp3) is 0.409. The van der Waals surface area contributed by atoms with Crippen molar-refractivity contribution in [3.63, 3.8) is 0 Å². The third kappa shape index (κ3) is 5.24. The number of hydrogen-bond donors (Lipinski definition) is 1. The number of benzene rings is 2. The number of fused-ring (bicyclic) bond motifs is 1. The lowest BCUT2D eigenvalue weighted by Crippen LogP contribution is -2.41. The van der Waals surface area contributed by atoms with E-state index >= 15 is 0 Å². The highest BCUT2D eigenvalue weighted by molar-refractivity contribution is 7.92. The SMILES string of the molecule is CC(C)c1ccc(N(CC(=O)N[C@H](C)c2ccc3c(c2)OCCO3)S(C)(=O)=O)cc1. The van der Waals surface area contributed by atoms with Gasteiger partial charge in [0.05, 0.1) is 18.0 Å². The Kier molecular flexibility index (Phi) is 6.55. The summed E-state index contributed by atoms with van der Waals surface area (Å²) in [5.74, 6) is 1.26. The first-order valence-electron chi connectivity index (χ1n) is 9.91. The van der Waals surface area contributed by atoms with Crippen LogP contribution in [0.25, 0.3) is 0 Å². The minimum atomic E-state index is -3.62. The summed E-state index contributed by atoms with van der Waals surface area (Å²) in [5, 5.41) is 2.86. The van der Waals surface area contributed by atoms with E-state index in [1.165, 1.54) is 0 Å². The summed E-state index contributed by atoms with van der Waals surface area (Å²) in [4.78, 5) is 12.6. The van der Waals surface area contributed by atoms with Gasteiger partial charge in [-0.25, -0.2) is 8.42 Å². The number of carbonyl (C=O) groups excluding carboxylic acids is 1. The molecule has 7 nitrogen and oxygen atoms in total. The number of anilines is 1. The van der Waals surface area contributed by atoms with Crippen LogP contribution in [0.3, 0.4) is 0 Å². The van der Waals surface area contributed by atoms with Crippen molar-refractivity contribution in [2.45, 2.75) is 32.7 Å². The molecular weight excluding hydrogens is 404 g/mol. The van der Waals surface area contributed by atoms with E-state index in [2.05, 4.69) is 19.2 Å². The first-order valence-corrected chi connectivity index (χ1v) is 11.8. The highest BCUT2D eigenvalue weighted by Gasteiger charge is 2.22. The molecule has 1 N–H and O–H groups in total. The van der Waals surface area contributed by atoms with Gasteiger partial charge in [-0.15, -0.1) is 0 Å². The second kappa shape index (κ2) is 8.95. The first-order chi connectivity index (χ1) is 14.1. The number of amides is 1. The van der Waals surface area contributed by atoms with Gasteiger partial charge in [0.1, 0.15) is 19.8 Å². The Morgan fingerprint density at radius 1 is 1.00 bits per heavy atom. The van der Waals surface area contributed by atoms with E-state index in [0.717, 1.165) is 21.7 Å². The van der Waals surface area contributed by atoms with Crippen molar-refractivity contribution < 1.29 is 22.7 Å². The second-order valence-electron chi connectivity index (χ2n) is 7.71. The number of nitrogens with one attached hydrogen (secondary N) is 1. The Labute approximate surface area is 178 Å². The molecule has 1 atom stereocenters. The quantitative estimate of drug-likeness (QED) is 0.726. The van der Waals surface area contributed by atoms with Gasteiger partial charge in [0.2, 0.25) is 15.9 Å². The van der Waals surface area contributed by atoms with Gasteiger partial charge in [-0.05, 0) is 48.2 Å². The number of sulfonamides is 1. The Morgan fingerprint density at radius 2 is 1.60 bits per heavy atom. The molecule has 8 heteroatoms. The zero-order valence-corrected chi connectivity index (χ0v) is 18.5. The largest absolute Gasteiger partial charge is 0.486 e. The van der Waals surface area contributed by atoms with Crippen LogP contribution in [0.5, 0.6) is 11.5 Å². The van der Waals surface area contributed by atoms with Crippen LogP contribution in [0.15, 0.2) is 42.5 Å². The lowest BCUT2D eigenvalue weighted by atomic mass is 10.0. The van der Waals surface area contributed by atoms with Crippen molar-refractivity contribution in [2.24, 2.45) is 0 Å². The van der Waals surface area contributed by atoms with E-state index in [1.807, 2.05) is 37.3 Å². The van der Waals surface area contributed by atoms with Crippen molar-refractivity contribution in [1.82, 2.24) is 5.32 Å². The van der Waals surface area contributed by atoms with Gasteiger partial charge < -0.3 is 14.8 Å². The van der Waals surface area contributed by atoms with Crippen LogP contribution in [-0.4, -0.2) is 40.3 Å². The van der Waals surface area contributed by atoms with Gasteiger partial charge in [-0.2, -0.15) is 0 Å². The lowest BCUT2D eigenvalue weighted by molar-refractivity contribution is -0.120. The van der Waals surface area contributed by atoms with E-state index < -0.39 is 15.9 Å². The Hall–Kier alpha value is -2.74. The second-order valence-corrected chi connectivity index (χ2v) is 9.61. The number of nitrogens with zero attached hydrogens (tertiary/aromatic N) is 1. The van der Waals surface area contributed by atoms with Gasteiger partial charge in [0, 0.05) is 0 Å². The number of hydrogen-bond acceptors (Lipinski definition) is 5. The molecular formula is C22H28N2O5S.